The molecule has 0 radical (unpaired) electrons. The highest BCUT2D eigenvalue weighted by molar-refractivity contribution is 5.81. The number of methoxy groups -OCH3 is 1. The molecule has 172 valence electrons. The van der Waals surface area contributed by atoms with Crippen molar-refractivity contribution < 1.29 is 14.1 Å². The highest BCUT2D eigenvalue weighted by Gasteiger charge is 2.16. The summed E-state index contributed by atoms with van der Waals surface area (Å²) in [6.07, 6.45) is 6.79. The highest BCUT2D eigenvalue weighted by Crippen LogP contribution is 2.28. The normalized spacial score (nSPS) is 12.2. The van der Waals surface area contributed by atoms with Gasteiger partial charge >= 0.3 is 0 Å². The lowest BCUT2D eigenvalue weighted by Crippen LogP contribution is -2.02. The van der Waals surface area contributed by atoms with Crippen LogP contribution < -0.4 is 10.5 Å². The molecule has 0 saturated heterocycles. The Morgan fingerprint density at radius 1 is 1.19 bits per heavy atom. The number of carbonyl (C=O) groups is 1. The first kappa shape index (κ1) is 26.3. The summed E-state index contributed by atoms with van der Waals surface area (Å²) in [5.74, 6) is 2.64. The molecule has 2 atom stereocenters. The van der Waals surface area contributed by atoms with Crippen molar-refractivity contribution in [2.45, 2.75) is 72.6 Å². The summed E-state index contributed by atoms with van der Waals surface area (Å²) in [5, 5.41) is 5.24. The average molecular weight is 430 g/mol. The molecule has 3 N–H and O–H groups in total. The summed E-state index contributed by atoms with van der Waals surface area (Å²) in [7, 11) is 1.68. The summed E-state index contributed by atoms with van der Waals surface area (Å²) in [4.78, 5) is 12.1. The van der Waals surface area contributed by atoms with Gasteiger partial charge in [0.25, 0.3) is 0 Å². The maximum atomic E-state index is 8.81. The minimum atomic E-state index is 0.430. The van der Waals surface area contributed by atoms with E-state index < -0.39 is 0 Å². The Kier molecular flexibility index (Phi) is 12.1. The fourth-order valence-electron chi connectivity index (χ4n) is 3.36. The molecule has 0 aliphatic heterocycles. The number of ether oxygens (including phenoxy) is 1. The Labute approximate surface area is 186 Å². The molecule has 3 rings (SSSR count). The van der Waals surface area contributed by atoms with Crippen molar-refractivity contribution in [1.82, 2.24) is 10.1 Å². The van der Waals surface area contributed by atoms with Crippen LogP contribution in [-0.2, 0) is 4.79 Å². The number of nitrogens with zero attached hydrogens (tertiary/aromatic N) is 1. The largest absolute Gasteiger partial charge is 0.497 e. The van der Waals surface area contributed by atoms with E-state index in [1.54, 1.807) is 7.11 Å². The van der Waals surface area contributed by atoms with Crippen molar-refractivity contribution >= 4 is 23.1 Å². The minimum absolute atomic E-state index is 0.430. The number of nitrogens with one attached hydrogen (secondary N) is 1. The standard InChI is InChI=1S/C13H24N2O.C10H11NO.C2H4O/c1-4-6-11(8-7-10(3)5-2)12-9-13(14)16-15-12;1-7-5-8-6-9(12-2)3-4-10(8)11-7;1-2-3/h9-11H,4-8,14H2,1-3H3;3-6,11H,1-2H3;2H,1H3. The third-order valence-electron chi connectivity index (χ3n) is 5.27. The summed E-state index contributed by atoms with van der Waals surface area (Å²) < 4.78 is 10.1. The molecule has 0 amide bonds. The van der Waals surface area contributed by atoms with Gasteiger partial charge in [0.1, 0.15) is 12.0 Å². The summed E-state index contributed by atoms with van der Waals surface area (Å²) in [6, 6.07) is 9.99. The molecule has 2 unspecified atom stereocenters. The molecule has 1 aromatic carbocycles. The maximum absolute atomic E-state index is 8.81. The van der Waals surface area contributed by atoms with E-state index in [1.807, 2.05) is 31.2 Å². The number of carbonyl (C=O) groups excluding carboxylic acids is 1. The van der Waals surface area contributed by atoms with E-state index in [0.29, 0.717) is 11.8 Å². The van der Waals surface area contributed by atoms with E-state index in [9.17, 15) is 0 Å². The first-order valence-corrected chi connectivity index (χ1v) is 11.1. The molecule has 0 aliphatic rings. The van der Waals surface area contributed by atoms with Crippen molar-refractivity contribution in [1.29, 1.82) is 0 Å². The smallest absolute Gasteiger partial charge is 0.222 e. The van der Waals surface area contributed by atoms with Gasteiger partial charge in [0, 0.05) is 28.6 Å². The molecular weight excluding hydrogens is 390 g/mol. The molecule has 0 aliphatic carbocycles. The quantitative estimate of drug-likeness (QED) is 0.391. The molecule has 2 heterocycles. The van der Waals surface area contributed by atoms with Crippen molar-refractivity contribution in [3.63, 3.8) is 0 Å². The zero-order chi connectivity index (χ0) is 23.2. The number of hydrogen-bond acceptors (Lipinski definition) is 5. The SMILES string of the molecule is CC=O.CCCC(CCC(C)CC)c1cc(N)on1.COc1ccc2[nH]c(C)cc2c1. The van der Waals surface area contributed by atoms with Gasteiger partial charge in [-0.3, -0.25) is 0 Å². The number of fused-ring (bicyclic) bond motifs is 1. The minimum Gasteiger partial charge on any atom is -0.497 e. The van der Waals surface area contributed by atoms with Crippen LogP contribution >= 0.6 is 0 Å². The number of hydrogen-bond donors (Lipinski definition) is 2. The second kappa shape index (κ2) is 14.3. The predicted octanol–water partition coefficient (Wildman–Crippen LogP) is 6.66. The van der Waals surface area contributed by atoms with E-state index >= 15 is 0 Å². The Balaban J connectivity index is 0.000000282. The first-order chi connectivity index (χ1) is 14.9. The number of rotatable bonds is 8. The molecule has 0 spiro atoms. The molecule has 6 heteroatoms. The van der Waals surface area contributed by atoms with E-state index in [-0.39, 0.29) is 0 Å². The summed E-state index contributed by atoms with van der Waals surface area (Å²) in [5.41, 5.74) is 8.94. The lowest BCUT2D eigenvalue weighted by Gasteiger charge is -2.15. The van der Waals surface area contributed by atoms with Crippen molar-refractivity contribution in [3.8, 4) is 5.75 Å². The van der Waals surface area contributed by atoms with Crippen LogP contribution in [0.4, 0.5) is 5.88 Å². The number of nitrogens with two attached hydrogens (primary N) is 1. The monoisotopic (exact) mass is 429 g/mol. The van der Waals surface area contributed by atoms with Crippen LogP contribution in [0.5, 0.6) is 5.75 Å². The van der Waals surface area contributed by atoms with Crippen LogP contribution in [0.25, 0.3) is 10.9 Å². The lowest BCUT2D eigenvalue weighted by molar-refractivity contribution is -0.106. The van der Waals surface area contributed by atoms with Gasteiger partial charge in [-0.25, -0.2) is 0 Å². The van der Waals surface area contributed by atoms with E-state index in [0.717, 1.165) is 29.2 Å². The van der Waals surface area contributed by atoms with Gasteiger partial charge in [-0.05, 0) is 56.9 Å². The lowest BCUT2D eigenvalue weighted by atomic mass is 9.90. The van der Waals surface area contributed by atoms with Crippen LogP contribution in [0.15, 0.2) is 34.9 Å². The van der Waals surface area contributed by atoms with Gasteiger partial charge < -0.3 is 24.8 Å². The number of nitrogen functional groups attached to an aromatic ring is 1. The third-order valence-corrected chi connectivity index (χ3v) is 5.27. The Hall–Kier alpha value is -2.76. The number of aromatic amines is 1. The molecule has 3 aromatic rings. The van der Waals surface area contributed by atoms with Gasteiger partial charge in [0.15, 0.2) is 0 Å². The van der Waals surface area contributed by atoms with Gasteiger partial charge in [0.05, 0.1) is 12.8 Å². The molecule has 0 fully saturated rings. The second-order valence-corrected chi connectivity index (χ2v) is 7.87. The molecule has 2 aromatic heterocycles. The fraction of sp³-hybridized carbons (Fsp3) is 0.520. The molecule has 6 nitrogen and oxygen atoms in total. The zero-order valence-electron chi connectivity index (χ0n) is 19.9. The maximum Gasteiger partial charge on any atom is 0.222 e. The van der Waals surface area contributed by atoms with Crippen molar-refractivity contribution in [3.05, 3.63) is 41.7 Å². The highest BCUT2D eigenvalue weighted by atomic mass is 16.5. The van der Waals surface area contributed by atoms with E-state index in [4.69, 9.17) is 19.8 Å². The first-order valence-electron chi connectivity index (χ1n) is 11.1. The number of anilines is 1. The van der Waals surface area contributed by atoms with E-state index in [1.165, 1.54) is 50.1 Å². The Morgan fingerprint density at radius 3 is 2.45 bits per heavy atom. The third kappa shape index (κ3) is 9.28. The Bertz CT molecular complexity index is 885. The zero-order valence-corrected chi connectivity index (χ0v) is 19.9. The molecular formula is C25H39N3O3. The van der Waals surface area contributed by atoms with Crippen LogP contribution in [-0.4, -0.2) is 23.5 Å². The number of aryl methyl sites for hydroxylation is 1. The van der Waals surface area contributed by atoms with E-state index in [2.05, 4.69) is 37.0 Å². The fourth-order valence-corrected chi connectivity index (χ4v) is 3.36. The predicted molar refractivity (Wildman–Crippen MR) is 129 cm³/mol. The van der Waals surface area contributed by atoms with Crippen LogP contribution in [0.3, 0.4) is 0 Å². The number of benzene rings is 1. The number of aldehydes is 1. The van der Waals surface area contributed by atoms with Gasteiger partial charge in [-0.2, -0.15) is 0 Å². The molecule has 31 heavy (non-hydrogen) atoms. The van der Waals surface area contributed by atoms with Crippen LogP contribution in [0.2, 0.25) is 0 Å². The van der Waals surface area contributed by atoms with Crippen molar-refractivity contribution in [2.24, 2.45) is 5.92 Å². The van der Waals surface area contributed by atoms with Crippen molar-refractivity contribution in [2.75, 3.05) is 12.8 Å². The summed E-state index contributed by atoms with van der Waals surface area (Å²) >= 11 is 0. The molecule has 0 saturated carbocycles. The average Bonchev–Trinajstić information content (AvgIpc) is 3.35. The second-order valence-electron chi connectivity index (χ2n) is 7.87. The van der Waals surface area contributed by atoms with Crippen LogP contribution in [0, 0.1) is 12.8 Å². The number of aromatic nitrogens is 2. The van der Waals surface area contributed by atoms with Gasteiger partial charge in [-0.15, -0.1) is 0 Å². The van der Waals surface area contributed by atoms with Gasteiger partial charge in [-0.1, -0.05) is 45.2 Å². The molecule has 0 bridgehead atoms. The number of H-pyrrole nitrogens is 1. The van der Waals surface area contributed by atoms with Gasteiger partial charge in [0.2, 0.25) is 5.88 Å². The summed E-state index contributed by atoms with van der Waals surface area (Å²) in [6.45, 7) is 10.2. The topological polar surface area (TPSA) is 94.1 Å². The van der Waals surface area contributed by atoms with Crippen LogP contribution in [0.1, 0.15) is 77.1 Å². The Morgan fingerprint density at radius 2 is 1.90 bits per heavy atom.